The highest BCUT2D eigenvalue weighted by atomic mass is 127. The third-order valence-corrected chi connectivity index (χ3v) is 5.88. The van der Waals surface area contributed by atoms with Crippen LogP contribution in [0.15, 0.2) is 59.6 Å². The number of carbonyl (C=O) groups is 1. The van der Waals surface area contributed by atoms with Crippen LogP contribution in [0.25, 0.3) is 5.69 Å². The fourth-order valence-corrected chi connectivity index (χ4v) is 4.04. The van der Waals surface area contributed by atoms with Gasteiger partial charge < -0.3 is 15.5 Å². The molecule has 3 aromatic rings. The highest BCUT2D eigenvalue weighted by molar-refractivity contribution is 14.0. The van der Waals surface area contributed by atoms with Crippen molar-refractivity contribution in [1.29, 1.82) is 0 Å². The molecule has 2 aromatic carbocycles. The fourth-order valence-electron chi connectivity index (χ4n) is 4.04. The molecule has 8 heteroatoms. The zero-order valence-corrected chi connectivity index (χ0v) is 21.7. The van der Waals surface area contributed by atoms with E-state index in [1.165, 1.54) is 0 Å². The van der Waals surface area contributed by atoms with Gasteiger partial charge in [-0.05, 0) is 50.1 Å². The van der Waals surface area contributed by atoms with Crippen molar-refractivity contribution < 1.29 is 4.79 Å². The number of hydrogen-bond donors (Lipinski definition) is 2. The third-order valence-electron chi connectivity index (χ3n) is 5.88. The summed E-state index contributed by atoms with van der Waals surface area (Å²) in [5, 5.41) is 11.5. The number of hydrogen-bond acceptors (Lipinski definition) is 3. The van der Waals surface area contributed by atoms with Gasteiger partial charge in [0.1, 0.15) is 0 Å². The fraction of sp³-hybridized carbons (Fsp3) is 0.320. The first-order valence-corrected chi connectivity index (χ1v) is 11.0. The van der Waals surface area contributed by atoms with Crippen LogP contribution >= 0.6 is 24.0 Å². The van der Waals surface area contributed by atoms with Crippen LogP contribution in [-0.2, 0) is 17.9 Å². The van der Waals surface area contributed by atoms with E-state index < -0.39 is 0 Å². The number of benzene rings is 2. The zero-order valence-electron chi connectivity index (χ0n) is 19.3. The Hall–Kier alpha value is -2.88. The number of guanidine groups is 1. The van der Waals surface area contributed by atoms with Gasteiger partial charge >= 0.3 is 0 Å². The molecule has 0 radical (unpaired) electrons. The third kappa shape index (κ3) is 5.73. The Bertz CT molecular complexity index is 1110. The van der Waals surface area contributed by atoms with E-state index in [1.54, 1.807) is 7.05 Å². The molecule has 2 N–H and O–H groups in total. The number of aromatic nitrogens is 2. The Labute approximate surface area is 212 Å². The monoisotopic (exact) mass is 558 g/mol. The summed E-state index contributed by atoms with van der Waals surface area (Å²) >= 11 is 0. The smallest absolute Gasteiger partial charge is 0.227 e. The summed E-state index contributed by atoms with van der Waals surface area (Å²) in [6, 6.07) is 18.3. The summed E-state index contributed by atoms with van der Waals surface area (Å²) in [5.74, 6) is 0.941. The molecule has 0 atom stereocenters. The minimum atomic E-state index is 0. The summed E-state index contributed by atoms with van der Waals surface area (Å²) in [4.78, 5) is 18.1. The predicted molar refractivity (Wildman–Crippen MR) is 144 cm³/mol. The van der Waals surface area contributed by atoms with Crippen LogP contribution in [0, 0.1) is 13.8 Å². The number of aliphatic imine (C=N–C) groups is 1. The Balaban J connectivity index is 0.00000306. The van der Waals surface area contributed by atoms with E-state index in [9.17, 15) is 4.79 Å². The molecule has 0 bridgehead atoms. The standard InChI is InChI=1S/C25H30N6O.HI/c1-18-23(19(2)31(29-18)22-8-5-4-6-9-22)17-28-25(26-3)27-16-20-11-13-21(14-12-20)30-15-7-10-24(30)32;/h4-6,8-9,11-14H,7,10,15-17H2,1-3H3,(H2,26,27,28);1H. The predicted octanol–water partition coefficient (Wildman–Crippen LogP) is 4.10. The number of para-hydroxylation sites is 1. The Morgan fingerprint density at radius 3 is 2.33 bits per heavy atom. The van der Waals surface area contributed by atoms with E-state index >= 15 is 0 Å². The topological polar surface area (TPSA) is 74.6 Å². The average Bonchev–Trinajstić information content (AvgIpc) is 3.37. The largest absolute Gasteiger partial charge is 0.352 e. The minimum absolute atomic E-state index is 0. The van der Waals surface area contributed by atoms with Crippen molar-refractivity contribution in [3.63, 3.8) is 0 Å². The molecule has 2 heterocycles. The molecule has 33 heavy (non-hydrogen) atoms. The van der Waals surface area contributed by atoms with E-state index in [0.717, 1.165) is 52.8 Å². The Kier molecular flexibility index (Phi) is 8.49. The normalized spacial score (nSPS) is 13.7. The number of nitrogens with one attached hydrogen (secondary N) is 2. The molecule has 7 nitrogen and oxygen atoms in total. The first kappa shape index (κ1) is 24.8. The lowest BCUT2D eigenvalue weighted by molar-refractivity contribution is -0.117. The van der Waals surface area contributed by atoms with Gasteiger partial charge in [0.05, 0.1) is 11.4 Å². The first-order valence-electron chi connectivity index (χ1n) is 11.0. The zero-order chi connectivity index (χ0) is 22.5. The van der Waals surface area contributed by atoms with Crippen LogP contribution in [0.2, 0.25) is 0 Å². The van der Waals surface area contributed by atoms with Crippen molar-refractivity contribution in [1.82, 2.24) is 20.4 Å². The Morgan fingerprint density at radius 1 is 1.00 bits per heavy atom. The summed E-state index contributed by atoms with van der Waals surface area (Å²) < 4.78 is 1.98. The maximum absolute atomic E-state index is 11.9. The maximum Gasteiger partial charge on any atom is 0.227 e. The quantitative estimate of drug-likeness (QED) is 0.272. The molecule has 0 aliphatic carbocycles. The van der Waals surface area contributed by atoms with E-state index in [2.05, 4.69) is 46.8 Å². The van der Waals surface area contributed by atoms with Gasteiger partial charge in [-0.2, -0.15) is 5.10 Å². The molecule has 4 rings (SSSR count). The summed E-state index contributed by atoms with van der Waals surface area (Å²) in [6.07, 6.45) is 1.59. The van der Waals surface area contributed by atoms with Gasteiger partial charge in [0.25, 0.3) is 0 Å². The molecular weight excluding hydrogens is 527 g/mol. The van der Waals surface area contributed by atoms with E-state index in [0.29, 0.717) is 19.5 Å². The molecule has 1 fully saturated rings. The van der Waals surface area contributed by atoms with Crippen LogP contribution in [0.1, 0.15) is 35.4 Å². The molecule has 174 valence electrons. The second-order valence-corrected chi connectivity index (χ2v) is 7.99. The molecule has 0 spiro atoms. The van der Waals surface area contributed by atoms with Gasteiger partial charge in [-0.25, -0.2) is 4.68 Å². The molecule has 1 aliphatic rings. The first-order chi connectivity index (χ1) is 15.6. The molecule has 0 saturated carbocycles. The molecule has 1 aliphatic heterocycles. The maximum atomic E-state index is 11.9. The van der Waals surface area contributed by atoms with Crippen molar-refractivity contribution >= 4 is 41.5 Å². The van der Waals surface area contributed by atoms with E-state index in [4.69, 9.17) is 5.10 Å². The highest BCUT2D eigenvalue weighted by Gasteiger charge is 2.21. The number of anilines is 1. The number of carbonyl (C=O) groups excluding carboxylic acids is 1. The van der Waals surface area contributed by atoms with Crippen molar-refractivity contribution in [2.75, 3.05) is 18.5 Å². The number of nitrogens with zero attached hydrogens (tertiary/aromatic N) is 4. The molecule has 0 unspecified atom stereocenters. The summed E-state index contributed by atoms with van der Waals surface area (Å²) in [6.45, 7) is 6.22. The van der Waals surface area contributed by atoms with E-state index in [-0.39, 0.29) is 29.9 Å². The highest BCUT2D eigenvalue weighted by Crippen LogP contribution is 2.21. The summed E-state index contributed by atoms with van der Waals surface area (Å²) in [7, 11) is 1.77. The lowest BCUT2D eigenvalue weighted by atomic mass is 10.2. The van der Waals surface area contributed by atoms with Crippen LogP contribution in [0.5, 0.6) is 0 Å². The van der Waals surface area contributed by atoms with Gasteiger partial charge in [0.15, 0.2) is 5.96 Å². The number of halogens is 1. The van der Waals surface area contributed by atoms with Crippen molar-refractivity contribution in [3.8, 4) is 5.69 Å². The van der Waals surface area contributed by atoms with Crippen molar-refractivity contribution in [2.24, 2.45) is 4.99 Å². The van der Waals surface area contributed by atoms with Gasteiger partial charge in [-0.1, -0.05) is 30.3 Å². The molecule has 1 saturated heterocycles. The second kappa shape index (κ2) is 11.3. The SMILES string of the molecule is CN=C(NCc1ccc(N2CCCC2=O)cc1)NCc1c(C)nn(-c2ccccc2)c1C.I. The second-order valence-electron chi connectivity index (χ2n) is 7.99. The average molecular weight is 558 g/mol. The van der Waals surface area contributed by atoms with Gasteiger partial charge in [-0.3, -0.25) is 9.79 Å². The van der Waals surface area contributed by atoms with Gasteiger partial charge in [0, 0.05) is 50.0 Å². The van der Waals surface area contributed by atoms with Crippen molar-refractivity contribution in [3.05, 3.63) is 77.1 Å². The van der Waals surface area contributed by atoms with Crippen LogP contribution < -0.4 is 15.5 Å². The Morgan fingerprint density at radius 2 is 1.70 bits per heavy atom. The van der Waals surface area contributed by atoms with Crippen LogP contribution in [0.3, 0.4) is 0 Å². The molecule has 1 aromatic heterocycles. The van der Waals surface area contributed by atoms with Crippen molar-refractivity contribution in [2.45, 2.75) is 39.8 Å². The number of rotatable bonds is 6. The molecule has 1 amide bonds. The van der Waals surface area contributed by atoms with Crippen LogP contribution in [-0.4, -0.2) is 35.2 Å². The van der Waals surface area contributed by atoms with Crippen LogP contribution in [0.4, 0.5) is 5.69 Å². The molecular formula is C25H31IN6O. The minimum Gasteiger partial charge on any atom is -0.352 e. The van der Waals surface area contributed by atoms with Gasteiger partial charge in [0.2, 0.25) is 5.91 Å². The number of aryl methyl sites for hydroxylation is 1. The number of amides is 1. The van der Waals surface area contributed by atoms with Gasteiger partial charge in [-0.15, -0.1) is 24.0 Å². The summed E-state index contributed by atoms with van der Waals surface area (Å²) in [5.41, 5.74) is 6.44. The lowest BCUT2D eigenvalue weighted by Gasteiger charge is -2.16. The lowest BCUT2D eigenvalue weighted by Crippen LogP contribution is -2.36. The van der Waals surface area contributed by atoms with E-state index in [1.807, 2.05) is 46.8 Å².